The first-order valence-electron chi connectivity index (χ1n) is 6.56. The summed E-state index contributed by atoms with van der Waals surface area (Å²) in [6.07, 6.45) is 6.40. The molecule has 5 heteroatoms. The lowest BCUT2D eigenvalue weighted by molar-refractivity contribution is 0.459. The average molecular weight is 262 g/mol. The van der Waals surface area contributed by atoms with Crippen molar-refractivity contribution in [2.45, 2.75) is 32.2 Å². The van der Waals surface area contributed by atoms with Crippen molar-refractivity contribution in [1.29, 1.82) is 0 Å². The van der Waals surface area contributed by atoms with Gasteiger partial charge in [-0.05, 0) is 32.9 Å². The first-order valence-corrected chi connectivity index (χ1v) is 7.43. The third-order valence-electron chi connectivity index (χ3n) is 3.46. The van der Waals surface area contributed by atoms with Gasteiger partial charge < -0.3 is 5.32 Å². The van der Waals surface area contributed by atoms with Crippen LogP contribution in [0.2, 0.25) is 0 Å². The number of hydrogen-bond donors (Lipinski definition) is 1. The summed E-state index contributed by atoms with van der Waals surface area (Å²) in [6, 6.07) is 0. The van der Waals surface area contributed by atoms with Gasteiger partial charge in [0.2, 0.25) is 0 Å². The molecule has 0 unspecified atom stereocenters. The molecule has 0 saturated carbocycles. The zero-order chi connectivity index (χ0) is 12.4. The summed E-state index contributed by atoms with van der Waals surface area (Å²) in [7, 11) is 0. The quantitative estimate of drug-likeness (QED) is 0.924. The molecular formula is C13H18N4S. The molecule has 0 spiro atoms. The molecule has 1 saturated heterocycles. The number of aromatic nitrogens is 3. The second-order valence-electron chi connectivity index (χ2n) is 4.68. The molecule has 2 aromatic heterocycles. The first-order chi connectivity index (χ1) is 8.86. The zero-order valence-corrected chi connectivity index (χ0v) is 11.4. The Labute approximate surface area is 111 Å². The molecule has 0 aliphatic carbocycles. The van der Waals surface area contributed by atoms with Gasteiger partial charge in [-0.1, -0.05) is 0 Å². The molecule has 0 atom stereocenters. The fourth-order valence-corrected chi connectivity index (χ4v) is 3.35. The number of aryl methyl sites for hydroxylation is 1. The Hall–Kier alpha value is -1.20. The van der Waals surface area contributed by atoms with Gasteiger partial charge in [0.1, 0.15) is 0 Å². The normalized spacial score (nSPS) is 17.2. The summed E-state index contributed by atoms with van der Waals surface area (Å²) in [4.78, 5) is 4.79. The van der Waals surface area contributed by atoms with Crippen molar-refractivity contribution in [2.75, 3.05) is 13.1 Å². The van der Waals surface area contributed by atoms with Crippen LogP contribution in [-0.2, 0) is 6.54 Å². The molecule has 96 valence electrons. The SMILES string of the molecule is CCn1cc(-c2csc(C3CCNCC3)n2)cn1. The summed E-state index contributed by atoms with van der Waals surface area (Å²) < 4.78 is 1.94. The van der Waals surface area contributed by atoms with Crippen molar-refractivity contribution in [3.63, 3.8) is 0 Å². The Morgan fingerprint density at radius 3 is 3.00 bits per heavy atom. The van der Waals surface area contributed by atoms with Crippen LogP contribution < -0.4 is 5.32 Å². The number of hydrogen-bond acceptors (Lipinski definition) is 4. The van der Waals surface area contributed by atoms with Gasteiger partial charge in [0.25, 0.3) is 0 Å². The van der Waals surface area contributed by atoms with Crippen LogP contribution in [0.3, 0.4) is 0 Å². The highest BCUT2D eigenvalue weighted by Gasteiger charge is 2.18. The van der Waals surface area contributed by atoms with E-state index in [4.69, 9.17) is 4.98 Å². The van der Waals surface area contributed by atoms with Crippen LogP contribution in [-0.4, -0.2) is 27.9 Å². The fraction of sp³-hybridized carbons (Fsp3) is 0.538. The third kappa shape index (κ3) is 2.33. The molecule has 1 N–H and O–H groups in total. The second-order valence-corrected chi connectivity index (χ2v) is 5.57. The van der Waals surface area contributed by atoms with E-state index in [0.29, 0.717) is 5.92 Å². The van der Waals surface area contributed by atoms with E-state index in [1.165, 1.54) is 17.8 Å². The number of thiazole rings is 1. The molecule has 1 aliphatic rings. The van der Waals surface area contributed by atoms with Crippen molar-refractivity contribution in [1.82, 2.24) is 20.1 Å². The Bertz CT molecular complexity index is 511. The molecule has 0 amide bonds. The minimum absolute atomic E-state index is 0.645. The molecule has 2 aromatic rings. The van der Waals surface area contributed by atoms with E-state index in [1.807, 2.05) is 10.9 Å². The van der Waals surface area contributed by atoms with Crippen LogP contribution >= 0.6 is 11.3 Å². The van der Waals surface area contributed by atoms with E-state index in [9.17, 15) is 0 Å². The van der Waals surface area contributed by atoms with Gasteiger partial charge >= 0.3 is 0 Å². The molecule has 3 heterocycles. The maximum atomic E-state index is 4.79. The predicted molar refractivity (Wildman–Crippen MR) is 73.9 cm³/mol. The van der Waals surface area contributed by atoms with E-state index in [0.717, 1.165) is 30.9 Å². The number of nitrogens with zero attached hydrogens (tertiary/aromatic N) is 3. The van der Waals surface area contributed by atoms with Gasteiger partial charge in [-0.25, -0.2) is 4.98 Å². The molecule has 3 rings (SSSR count). The van der Waals surface area contributed by atoms with E-state index >= 15 is 0 Å². The van der Waals surface area contributed by atoms with Gasteiger partial charge in [0.05, 0.1) is 16.9 Å². The van der Waals surface area contributed by atoms with Crippen LogP contribution in [0.1, 0.15) is 30.7 Å². The number of nitrogens with one attached hydrogen (secondary N) is 1. The van der Waals surface area contributed by atoms with Crippen LogP contribution in [0.25, 0.3) is 11.3 Å². The fourth-order valence-electron chi connectivity index (χ4n) is 2.35. The lowest BCUT2D eigenvalue weighted by Gasteiger charge is -2.20. The Morgan fingerprint density at radius 2 is 2.28 bits per heavy atom. The second kappa shape index (κ2) is 5.20. The van der Waals surface area contributed by atoms with Crippen LogP contribution in [0.5, 0.6) is 0 Å². The van der Waals surface area contributed by atoms with Gasteiger partial charge in [-0.3, -0.25) is 4.68 Å². The smallest absolute Gasteiger partial charge is 0.0964 e. The topological polar surface area (TPSA) is 42.7 Å². The van der Waals surface area contributed by atoms with Crippen molar-refractivity contribution >= 4 is 11.3 Å². The van der Waals surface area contributed by atoms with Crippen molar-refractivity contribution in [3.8, 4) is 11.3 Å². The van der Waals surface area contributed by atoms with E-state index in [2.05, 4.69) is 28.9 Å². The van der Waals surface area contributed by atoms with Crippen LogP contribution in [0.15, 0.2) is 17.8 Å². The van der Waals surface area contributed by atoms with Crippen molar-refractivity contribution < 1.29 is 0 Å². The Kier molecular flexibility index (Phi) is 3.43. The van der Waals surface area contributed by atoms with Gasteiger partial charge in [-0.15, -0.1) is 11.3 Å². The van der Waals surface area contributed by atoms with Crippen LogP contribution in [0.4, 0.5) is 0 Å². The maximum absolute atomic E-state index is 4.79. The third-order valence-corrected chi connectivity index (χ3v) is 4.47. The molecular weight excluding hydrogens is 244 g/mol. The zero-order valence-electron chi connectivity index (χ0n) is 10.6. The summed E-state index contributed by atoms with van der Waals surface area (Å²) in [5.74, 6) is 0.645. The lowest BCUT2D eigenvalue weighted by Crippen LogP contribution is -2.26. The van der Waals surface area contributed by atoms with Crippen LogP contribution in [0, 0.1) is 0 Å². The van der Waals surface area contributed by atoms with Crippen molar-refractivity contribution in [3.05, 3.63) is 22.8 Å². The maximum Gasteiger partial charge on any atom is 0.0964 e. The molecule has 4 nitrogen and oxygen atoms in total. The van der Waals surface area contributed by atoms with E-state index in [1.54, 1.807) is 11.3 Å². The highest BCUT2D eigenvalue weighted by molar-refractivity contribution is 7.10. The molecule has 1 aliphatic heterocycles. The summed E-state index contributed by atoms with van der Waals surface area (Å²) in [6.45, 7) is 5.24. The van der Waals surface area contributed by atoms with Crippen molar-refractivity contribution in [2.24, 2.45) is 0 Å². The molecule has 1 fully saturated rings. The van der Waals surface area contributed by atoms with Gasteiger partial charge in [-0.2, -0.15) is 5.10 Å². The minimum Gasteiger partial charge on any atom is -0.317 e. The van der Waals surface area contributed by atoms with Gasteiger partial charge in [0.15, 0.2) is 0 Å². The molecule has 0 radical (unpaired) electrons. The predicted octanol–water partition coefficient (Wildman–Crippen LogP) is 2.49. The molecule has 0 aromatic carbocycles. The Morgan fingerprint density at radius 1 is 1.44 bits per heavy atom. The Balaban J connectivity index is 1.79. The van der Waals surface area contributed by atoms with Gasteiger partial charge in [0, 0.05) is 29.6 Å². The average Bonchev–Trinajstić information content (AvgIpc) is 3.08. The highest BCUT2D eigenvalue weighted by atomic mass is 32.1. The first kappa shape index (κ1) is 11.9. The number of piperidine rings is 1. The summed E-state index contributed by atoms with van der Waals surface area (Å²) in [5.41, 5.74) is 2.21. The minimum atomic E-state index is 0.645. The largest absolute Gasteiger partial charge is 0.317 e. The van der Waals surface area contributed by atoms with E-state index in [-0.39, 0.29) is 0 Å². The molecule has 18 heavy (non-hydrogen) atoms. The van der Waals surface area contributed by atoms with E-state index < -0.39 is 0 Å². The standard InChI is InChI=1S/C13H18N4S/c1-2-17-8-11(7-15-17)12-9-18-13(16-12)10-3-5-14-6-4-10/h7-10,14H,2-6H2,1H3. The lowest BCUT2D eigenvalue weighted by atomic mass is 9.99. The summed E-state index contributed by atoms with van der Waals surface area (Å²) in [5, 5.41) is 11.2. The highest BCUT2D eigenvalue weighted by Crippen LogP contribution is 2.30. The monoisotopic (exact) mass is 262 g/mol. The molecule has 0 bridgehead atoms. The number of rotatable bonds is 3. The summed E-state index contributed by atoms with van der Waals surface area (Å²) >= 11 is 1.79.